The van der Waals surface area contributed by atoms with Crippen LogP contribution in [0.3, 0.4) is 0 Å². The van der Waals surface area contributed by atoms with Crippen molar-refractivity contribution in [2.45, 2.75) is 19.5 Å². The first-order valence-corrected chi connectivity index (χ1v) is 8.13. The van der Waals surface area contributed by atoms with Gasteiger partial charge in [0, 0.05) is 19.2 Å². The Hall–Kier alpha value is -3.42. The predicted octanol–water partition coefficient (Wildman–Crippen LogP) is 1.59. The molecule has 27 heavy (non-hydrogen) atoms. The molecule has 2 aromatic rings. The van der Waals surface area contributed by atoms with Gasteiger partial charge < -0.3 is 20.7 Å². The van der Waals surface area contributed by atoms with Gasteiger partial charge in [-0.25, -0.2) is 4.39 Å². The second-order valence-electron chi connectivity index (χ2n) is 5.70. The molecule has 0 bridgehead atoms. The number of methoxy groups -OCH3 is 1. The number of halogens is 1. The molecular weight excluding hydrogens is 353 g/mol. The molecule has 0 aliphatic heterocycles. The number of rotatable bonds is 7. The zero-order valence-electron chi connectivity index (χ0n) is 14.9. The minimum atomic E-state index is -1.41. The zero-order valence-corrected chi connectivity index (χ0v) is 14.9. The number of carbonyl (C=O) groups excluding carboxylic acids is 3. The van der Waals surface area contributed by atoms with Gasteiger partial charge in [-0.05, 0) is 42.0 Å². The molecule has 142 valence electrons. The smallest absolute Gasteiger partial charge is 0.256 e. The van der Waals surface area contributed by atoms with Crippen LogP contribution in [-0.4, -0.2) is 30.9 Å². The highest BCUT2D eigenvalue weighted by Crippen LogP contribution is 2.15. The summed E-state index contributed by atoms with van der Waals surface area (Å²) in [7, 11) is 1.52. The summed E-state index contributed by atoms with van der Waals surface area (Å²) in [6.45, 7) is 1.30. The van der Waals surface area contributed by atoms with Crippen LogP contribution in [-0.2, 0) is 20.9 Å². The van der Waals surface area contributed by atoms with Gasteiger partial charge in [-0.1, -0.05) is 12.1 Å². The number of hydrogen-bond acceptors (Lipinski definition) is 4. The van der Waals surface area contributed by atoms with E-state index in [4.69, 9.17) is 4.74 Å². The Kier molecular flexibility index (Phi) is 6.87. The van der Waals surface area contributed by atoms with Gasteiger partial charge in [0.25, 0.3) is 11.8 Å². The van der Waals surface area contributed by atoms with Gasteiger partial charge in [0.2, 0.25) is 5.91 Å². The van der Waals surface area contributed by atoms with E-state index < -0.39 is 23.8 Å². The van der Waals surface area contributed by atoms with Crippen LogP contribution in [0.1, 0.15) is 12.5 Å². The molecule has 8 heteroatoms. The first-order valence-electron chi connectivity index (χ1n) is 8.13. The van der Waals surface area contributed by atoms with Gasteiger partial charge in [0.05, 0.1) is 7.11 Å². The third kappa shape index (κ3) is 6.10. The van der Waals surface area contributed by atoms with E-state index in [1.165, 1.54) is 38.3 Å². The van der Waals surface area contributed by atoms with Crippen LogP contribution in [0.5, 0.6) is 5.75 Å². The number of nitrogens with one attached hydrogen (secondary N) is 3. The monoisotopic (exact) mass is 373 g/mol. The Morgan fingerprint density at radius 3 is 2.19 bits per heavy atom. The lowest BCUT2D eigenvalue weighted by Gasteiger charge is -2.17. The highest BCUT2D eigenvalue weighted by molar-refractivity contribution is 6.11. The molecule has 0 heterocycles. The molecule has 0 unspecified atom stereocenters. The van der Waals surface area contributed by atoms with Crippen molar-refractivity contribution in [3.8, 4) is 5.75 Å². The van der Waals surface area contributed by atoms with Crippen molar-refractivity contribution in [2.24, 2.45) is 0 Å². The van der Waals surface area contributed by atoms with E-state index in [2.05, 4.69) is 16.0 Å². The summed E-state index contributed by atoms with van der Waals surface area (Å²) >= 11 is 0. The minimum absolute atomic E-state index is 0.0883. The number of anilines is 1. The van der Waals surface area contributed by atoms with E-state index in [0.29, 0.717) is 17.0 Å². The number of hydrogen-bond donors (Lipinski definition) is 3. The molecule has 3 amide bonds. The van der Waals surface area contributed by atoms with Crippen molar-refractivity contribution >= 4 is 23.4 Å². The summed E-state index contributed by atoms with van der Waals surface area (Å²) in [5, 5.41) is 7.44. The fourth-order valence-electron chi connectivity index (χ4n) is 2.24. The molecule has 0 fully saturated rings. The molecule has 0 radical (unpaired) electrons. The minimum Gasteiger partial charge on any atom is -0.497 e. The molecule has 0 aromatic heterocycles. The maximum Gasteiger partial charge on any atom is 0.256 e. The summed E-state index contributed by atoms with van der Waals surface area (Å²) < 4.78 is 18.0. The molecule has 1 atom stereocenters. The van der Waals surface area contributed by atoms with E-state index in [0.717, 1.165) is 0 Å². The summed E-state index contributed by atoms with van der Waals surface area (Å²) in [5.41, 5.74) is 1.10. The lowest BCUT2D eigenvalue weighted by molar-refractivity contribution is -0.134. The van der Waals surface area contributed by atoms with E-state index >= 15 is 0 Å². The topological polar surface area (TPSA) is 96.5 Å². The lowest BCUT2D eigenvalue weighted by atomic mass is 10.2. The lowest BCUT2D eigenvalue weighted by Crippen LogP contribution is -2.52. The molecule has 0 saturated carbocycles. The Balaban J connectivity index is 2.02. The van der Waals surface area contributed by atoms with Crippen LogP contribution in [0.4, 0.5) is 10.1 Å². The van der Waals surface area contributed by atoms with Crippen LogP contribution in [0, 0.1) is 5.82 Å². The van der Waals surface area contributed by atoms with Crippen LogP contribution < -0.4 is 20.7 Å². The second-order valence-corrected chi connectivity index (χ2v) is 5.70. The van der Waals surface area contributed by atoms with Gasteiger partial charge in [0.15, 0.2) is 6.04 Å². The fraction of sp³-hybridized carbons (Fsp3) is 0.211. The second kappa shape index (κ2) is 9.33. The largest absolute Gasteiger partial charge is 0.497 e. The van der Waals surface area contributed by atoms with Crippen LogP contribution in [0.25, 0.3) is 0 Å². The van der Waals surface area contributed by atoms with Crippen molar-refractivity contribution in [1.82, 2.24) is 10.6 Å². The number of ether oxygens (including phenoxy) is 1. The SMILES string of the molecule is COc1ccc(NC(=O)[C@@H](NC(C)=O)C(=O)NCc2ccc(F)cc2)cc1. The summed E-state index contributed by atoms with van der Waals surface area (Å²) in [6.07, 6.45) is 0. The molecule has 0 aliphatic carbocycles. The van der Waals surface area contributed by atoms with Crippen molar-refractivity contribution in [3.63, 3.8) is 0 Å². The quantitative estimate of drug-likeness (QED) is 0.642. The molecular formula is C19H20FN3O4. The van der Waals surface area contributed by atoms with Crippen molar-refractivity contribution < 1.29 is 23.5 Å². The van der Waals surface area contributed by atoms with Gasteiger partial charge in [-0.15, -0.1) is 0 Å². The maximum atomic E-state index is 12.9. The first kappa shape index (κ1) is 19.9. The van der Waals surface area contributed by atoms with Crippen LogP contribution >= 0.6 is 0 Å². The molecule has 3 N–H and O–H groups in total. The highest BCUT2D eigenvalue weighted by atomic mass is 19.1. The third-order valence-corrected chi connectivity index (χ3v) is 3.61. The molecule has 2 aromatic carbocycles. The average Bonchev–Trinajstić information content (AvgIpc) is 2.65. The Morgan fingerprint density at radius 2 is 1.63 bits per heavy atom. The zero-order chi connectivity index (χ0) is 19.8. The Labute approximate surface area is 155 Å². The summed E-state index contributed by atoms with van der Waals surface area (Å²) in [5.74, 6) is -1.67. The molecule has 0 aliphatic rings. The number of amides is 3. The van der Waals surface area contributed by atoms with Gasteiger partial charge >= 0.3 is 0 Å². The normalized spacial score (nSPS) is 11.2. The Bertz CT molecular complexity index is 807. The molecule has 0 saturated heterocycles. The molecule has 7 nitrogen and oxygen atoms in total. The van der Waals surface area contributed by atoms with Crippen molar-refractivity contribution in [2.75, 3.05) is 12.4 Å². The first-order chi connectivity index (χ1) is 12.9. The molecule has 2 rings (SSSR count). The number of carbonyl (C=O) groups is 3. The van der Waals surface area contributed by atoms with E-state index in [9.17, 15) is 18.8 Å². The van der Waals surface area contributed by atoms with Crippen LogP contribution in [0.2, 0.25) is 0 Å². The van der Waals surface area contributed by atoms with E-state index in [1.807, 2.05) is 0 Å². The van der Waals surface area contributed by atoms with Gasteiger partial charge in [0.1, 0.15) is 11.6 Å². The van der Waals surface area contributed by atoms with E-state index in [1.54, 1.807) is 24.3 Å². The fourth-order valence-corrected chi connectivity index (χ4v) is 2.24. The standard InChI is InChI=1S/C19H20FN3O4/c1-12(24)22-17(18(25)21-11-13-3-5-14(20)6-4-13)19(26)23-15-7-9-16(27-2)10-8-15/h3-10,17H,11H2,1-2H3,(H,21,25)(H,22,24)(H,23,26)/t17-/m0/s1. The third-order valence-electron chi connectivity index (χ3n) is 3.61. The van der Waals surface area contributed by atoms with E-state index in [-0.39, 0.29) is 12.4 Å². The predicted molar refractivity (Wildman–Crippen MR) is 97.5 cm³/mol. The summed E-state index contributed by atoms with van der Waals surface area (Å²) in [4.78, 5) is 36.2. The van der Waals surface area contributed by atoms with Gasteiger partial charge in [-0.2, -0.15) is 0 Å². The maximum absolute atomic E-state index is 12.9. The van der Waals surface area contributed by atoms with Crippen molar-refractivity contribution in [3.05, 3.63) is 59.9 Å². The van der Waals surface area contributed by atoms with Gasteiger partial charge in [-0.3, -0.25) is 14.4 Å². The van der Waals surface area contributed by atoms with Crippen LogP contribution in [0.15, 0.2) is 48.5 Å². The number of benzene rings is 2. The van der Waals surface area contributed by atoms with Crippen molar-refractivity contribution in [1.29, 1.82) is 0 Å². The molecule has 0 spiro atoms. The Morgan fingerprint density at radius 1 is 1.00 bits per heavy atom. The average molecular weight is 373 g/mol. The highest BCUT2D eigenvalue weighted by Gasteiger charge is 2.27. The summed E-state index contributed by atoms with van der Waals surface area (Å²) in [6, 6.07) is 10.7.